The average Bonchev–Trinajstić information content (AvgIpc) is 3.04. The lowest BCUT2D eigenvalue weighted by Crippen LogP contribution is -2.34. The molecule has 0 bridgehead atoms. The van der Waals surface area contributed by atoms with E-state index < -0.39 is 0 Å². The van der Waals surface area contributed by atoms with Crippen LogP contribution in [-0.4, -0.2) is 39.2 Å². The van der Waals surface area contributed by atoms with Crippen molar-refractivity contribution >= 4 is 11.6 Å². The molecule has 1 saturated heterocycles. The number of rotatable bonds is 4. The Hall–Kier alpha value is -2.28. The van der Waals surface area contributed by atoms with Crippen LogP contribution in [0.25, 0.3) is 11.4 Å². The van der Waals surface area contributed by atoms with Gasteiger partial charge in [0.1, 0.15) is 0 Å². The Morgan fingerprint density at radius 1 is 1.41 bits per heavy atom. The van der Waals surface area contributed by atoms with Crippen molar-refractivity contribution < 1.29 is 4.79 Å². The Labute approximate surface area is 129 Å². The van der Waals surface area contributed by atoms with Gasteiger partial charge in [0.15, 0.2) is 5.82 Å². The molecule has 2 aromatic rings. The third-order valence-corrected chi connectivity index (χ3v) is 3.93. The number of aryl methyl sites for hydroxylation is 1. The van der Waals surface area contributed by atoms with Gasteiger partial charge in [0.05, 0.1) is 0 Å². The van der Waals surface area contributed by atoms with Gasteiger partial charge in [-0.1, -0.05) is 12.1 Å². The summed E-state index contributed by atoms with van der Waals surface area (Å²) in [4.78, 5) is 12.3. The van der Waals surface area contributed by atoms with Gasteiger partial charge in [0.25, 0.3) is 0 Å². The van der Waals surface area contributed by atoms with E-state index in [-0.39, 0.29) is 11.8 Å². The van der Waals surface area contributed by atoms with Crippen LogP contribution in [0.2, 0.25) is 0 Å². The van der Waals surface area contributed by atoms with E-state index in [9.17, 15) is 4.79 Å². The second-order valence-electron chi connectivity index (χ2n) is 5.41. The van der Waals surface area contributed by atoms with Gasteiger partial charge in [0.2, 0.25) is 5.91 Å². The number of benzene rings is 1. The van der Waals surface area contributed by atoms with Gasteiger partial charge in [-0.15, -0.1) is 5.10 Å². The minimum atomic E-state index is 0.0888. The highest BCUT2D eigenvalue weighted by Crippen LogP contribution is 2.21. The van der Waals surface area contributed by atoms with Crippen molar-refractivity contribution in [3.05, 3.63) is 24.3 Å². The number of hydrogen-bond donors (Lipinski definition) is 2. The summed E-state index contributed by atoms with van der Waals surface area (Å²) in [6, 6.07) is 7.65. The molecule has 1 aliphatic rings. The van der Waals surface area contributed by atoms with Gasteiger partial charge < -0.3 is 10.6 Å². The van der Waals surface area contributed by atoms with E-state index in [0.29, 0.717) is 12.4 Å². The van der Waals surface area contributed by atoms with Crippen molar-refractivity contribution in [2.45, 2.75) is 26.3 Å². The molecule has 1 fully saturated rings. The SMILES string of the molecule is CCn1nnnc1-c1cccc(NC(=O)C2CCNCC2)c1. The fourth-order valence-corrected chi connectivity index (χ4v) is 2.69. The molecule has 1 aromatic carbocycles. The zero-order valence-corrected chi connectivity index (χ0v) is 12.6. The molecular formula is C15H20N6O. The Balaban J connectivity index is 1.75. The molecule has 0 unspecified atom stereocenters. The number of amides is 1. The Bertz CT molecular complexity index is 647. The summed E-state index contributed by atoms with van der Waals surface area (Å²) in [6.45, 7) is 4.50. The maximum absolute atomic E-state index is 12.3. The maximum Gasteiger partial charge on any atom is 0.227 e. The van der Waals surface area contributed by atoms with Crippen LogP contribution >= 0.6 is 0 Å². The first-order valence-electron chi connectivity index (χ1n) is 7.66. The van der Waals surface area contributed by atoms with Gasteiger partial charge in [-0.25, -0.2) is 4.68 Å². The smallest absolute Gasteiger partial charge is 0.227 e. The van der Waals surface area contributed by atoms with E-state index in [1.54, 1.807) is 4.68 Å². The van der Waals surface area contributed by atoms with Crippen LogP contribution in [0.1, 0.15) is 19.8 Å². The highest BCUT2D eigenvalue weighted by Gasteiger charge is 2.21. The summed E-state index contributed by atoms with van der Waals surface area (Å²) in [6.07, 6.45) is 1.78. The largest absolute Gasteiger partial charge is 0.326 e. The molecule has 3 rings (SSSR count). The van der Waals surface area contributed by atoms with E-state index in [1.165, 1.54) is 0 Å². The number of nitrogens with one attached hydrogen (secondary N) is 2. The van der Waals surface area contributed by atoms with Crippen LogP contribution in [0, 0.1) is 5.92 Å². The topological polar surface area (TPSA) is 84.7 Å². The molecule has 2 N–H and O–H groups in total. The zero-order chi connectivity index (χ0) is 15.4. The molecule has 116 valence electrons. The first-order chi connectivity index (χ1) is 10.8. The lowest BCUT2D eigenvalue weighted by molar-refractivity contribution is -0.120. The van der Waals surface area contributed by atoms with Crippen LogP contribution in [-0.2, 0) is 11.3 Å². The van der Waals surface area contributed by atoms with E-state index in [2.05, 4.69) is 26.2 Å². The predicted octanol–water partition coefficient (Wildman–Crippen LogP) is 1.30. The highest BCUT2D eigenvalue weighted by molar-refractivity contribution is 5.93. The average molecular weight is 300 g/mol. The molecule has 0 atom stereocenters. The summed E-state index contributed by atoms with van der Waals surface area (Å²) in [7, 11) is 0. The third kappa shape index (κ3) is 3.14. The number of piperidine rings is 1. The summed E-state index contributed by atoms with van der Waals surface area (Å²) in [5.41, 5.74) is 1.68. The Morgan fingerprint density at radius 2 is 2.23 bits per heavy atom. The molecule has 0 aliphatic carbocycles. The second-order valence-corrected chi connectivity index (χ2v) is 5.41. The molecule has 0 spiro atoms. The standard InChI is InChI=1S/C15H20N6O/c1-2-21-14(18-19-20-21)12-4-3-5-13(10-12)17-15(22)11-6-8-16-9-7-11/h3-5,10-11,16H,2,6-9H2,1H3,(H,17,22). The molecule has 1 aliphatic heterocycles. The Kier molecular flexibility index (Phi) is 4.43. The fourth-order valence-electron chi connectivity index (χ4n) is 2.69. The van der Waals surface area contributed by atoms with Crippen molar-refractivity contribution in [2.75, 3.05) is 18.4 Å². The molecule has 0 radical (unpaired) electrons. The van der Waals surface area contributed by atoms with Crippen molar-refractivity contribution in [1.29, 1.82) is 0 Å². The molecule has 0 saturated carbocycles. The quantitative estimate of drug-likeness (QED) is 0.889. The molecule has 2 heterocycles. The maximum atomic E-state index is 12.3. The van der Waals surface area contributed by atoms with Gasteiger partial charge in [-0.05, 0) is 55.4 Å². The predicted molar refractivity (Wildman–Crippen MR) is 83.2 cm³/mol. The van der Waals surface area contributed by atoms with Gasteiger partial charge in [0, 0.05) is 23.7 Å². The van der Waals surface area contributed by atoms with Gasteiger partial charge >= 0.3 is 0 Å². The summed E-state index contributed by atoms with van der Waals surface area (Å²) in [5.74, 6) is 0.889. The molecule has 7 heteroatoms. The first kappa shape index (κ1) is 14.6. The minimum absolute atomic E-state index is 0.0888. The number of anilines is 1. The number of aromatic nitrogens is 4. The fraction of sp³-hybridized carbons (Fsp3) is 0.467. The monoisotopic (exact) mass is 300 g/mol. The zero-order valence-electron chi connectivity index (χ0n) is 12.6. The van der Waals surface area contributed by atoms with Crippen LogP contribution in [0.3, 0.4) is 0 Å². The molecule has 22 heavy (non-hydrogen) atoms. The molecule has 7 nitrogen and oxygen atoms in total. The van der Waals surface area contributed by atoms with Crippen molar-refractivity contribution in [1.82, 2.24) is 25.5 Å². The van der Waals surface area contributed by atoms with Crippen LogP contribution in [0.4, 0.5) is 5.69 Å². The third-order valence-electron chi connectivity index (χ3n) is 3.93. The van der Waals surface area contributed by atoms with Gasteiger partial charge in [-0.3, -0.25) is 4.79 Å². The first-order valence-corrected chi connectivity index (χ1v) is 7.66. The normalized spacial score (nSPS) is 15.7. The van der Waals surface area contributed by atoms with Crippen molar-refractivity contribution in [3.8, 4) is 11.4 Å². The lowest BCUT2D eigenvalue weighted by Gasteiger charge is -2.21. The number of hydrogen-bond acceptors (Lipinski definition) is 5. The number of tetrazole rings is 1. The van der Waals surface area contributed by atoms with Gasteiger partial charge in [-0.2, -0.15) is 0 Å². The second kappa shape index (κ2) is 6.65. The number of carbonyl (C=O) groups is 1. The van der Waals surface area contributed by atoms with Crippen LogP contribution < -0.4 is 10.6 Å². The van der Waals surface area contributed by atoms with Crippen molar-refractivity contribution in [2.24, 2.45) is 5.92 Å². The molecular weight excluding hydrogens is 280 g/mol. The number of nitrogens with zero attached hydrogens (tertiary/aromatic N) is 4. The van der Waals surface area contributed by atoms with E-state index in [4.69, 9.17) is 0 Å². The van der Waals surface area contributed by atoms with Crippen LogP contribution in [0.15, 0.2) is 24.3 Å². The highest BCUT2D eigenvalue weighted by atomic mass is 16.1. The van der Waals surface area contributed by atoms with Crippen molar-refractivity contribution in [3.63, 3.8) is 0 Å². The minimum Gasteiger partial charge on any atom is -0.326 e. The summed E-state index contributed by atoms with van der Waals surface area (Å²) in [5, 5.41) is 18.0. The van der Waals surface area contributed by atoms with Crippen LogP contribution in [0.5, 0.6) is 0 Å². The molecule has 1 amide bonds. The van der Waals surface area contributed by atoms with E-state index in [0.717, 1.165) is 37.2 Å². The number of carbonyl (C=O) groups excluding carboxylic acids is 1. The Morgan fingerprint density at radius 3 is 3.00 bits per heavy atom. The summed E-state index contributed by atoms with van der Waals surface area (Å²) >= 11 is 0. The summed E-state index contributed by atoms with van der Waals surface area (Å²) < 4.78 is 1.73. The van der Waals surface area contributed by atoms with E-state index >= 15 is 0 Å². The molecule has 1 aromatic heterocycles. The lowest BCUT2D eigenvalue weighted by atomic mass is 9.97. The van der Waals surface area contributed by atoms with E-state index in [1.807, 2.05) is 31.2 Å².